The Labute approximate surface area is 173 Å². The molecule has 29 heavy (non-hydrogen) atoms. The molecule has 7 heteroatoms. The quantitative estimate of drug-likeness (QED) is 0.755. The topological polar surface area (TPSA) is 71.5 Å². The molecular formula is C22H16ClNO4S. The van der Waals surface area contributed by atoms with Crippen LogP contribution in [0, 0.1) is 0 Å². The molecule has 0 unspecified atom stereocenters. The summed E-state index contributed by atoms with van der Waals surface area (Å²) in [7, 11) is -2.62. The zero-order chi connectivity index (χ0) is 20.8. The molecule has 146 valence electrons. The van der Waals surface area contributed by atoms with Crippen LogP contribution in [0.2, 0.25) is 5.02 Å². The molecule has 0 radical (unpaired) electrons. The van der Waals surface area contributed by atoms with Crippen LogP contribution in [-0.4, -0.2) is 37.6 Å². The van der Waals surface area contributed by atoms with Gasteiger partial charge in [0.15, 0.2) is 5.78 Å². The van der Waals surface area contributed by atoms with E-state index in [1.807, 2.05) is 0 Å². The second kappa shape index (κ2) is 6.83. The van der Waals surface area contributed by atoms with E-state index >= 15 is 0 Å². The lowest BCUT2D eigenvalue weighted by Crippen LogP contribution is -2.43. The second-order valence-corrected chi connectivity index (χ2v) is 9.11. The van der Waals surface area contributed by atoms with Crippen molar-refractivity contribution in [3.8, 4) is 0 Å². The number of amides is 1. The van der Waals surface area contributed by atoms with Crippen molar-refractivity contribution in [2.75, 3.05) is 7.05 Å². The summed E-state index contributed by atoms with van der Waals surface area (Å²) < 4.78 is 27.0. The minimum atomic E-state index is -4.15. The maximum absolute atomic E-state index is 13.5. The van der Waals surface area contributed by atoms with Gasteiger partial charge in [0.25, 0.3) is 5.91 Å². The molecular weight excluding hydrogens is 410 g/mol. The van der Waals surface area contributed by atoms with Gasteiger partial charge in [0.1, 0.15) is 10.4 Å². The highest BCUT2D eigenvalue weighted by Gasteiger charge is 2.52. The van der Waals surface area contributed by atoms with E-state index in [0.29, 0.717) is 16.2 Å². The highest BCUT2D eigenvalue weighted by molar-refractivity contribution is 7.96. The van der Waals surface area contributed by atoms with E-state index in [4.69, 9.17) is 11.6 Å². The van der Waals surface area contributed by atoms with Gasteiger partial charge in [-0.15, -0.1) is 0 Å². The fourth-order valence-electron chi connectivity index (χ4n) is 3.64. The summed E-state index contributed by atoms with van der Waals surface area (Å²) in [5.41, 5.74) is -0.261. The molecule has 1 aliphatic carbocycles. The molecule has 0 aromatic heterocycles. The molecule has 0 fully saturated rings. The van der Waals surface area contributed by atoms with Gasteiger partial charge in [0.2, 0.25) is 9.84 Å². The minimum absolute atomic E-state index is 0.0241. The molecule has 1 aliphatic heterocycles. The van der Waals surface area contributed by atoms with Crippen LogP contribution in [0.3, 0.4) is 0 Å². The average molecular weight is 426 g/mol. The number of carbonyl (C=O) groups is 2. The molecule has 4 rings (SSSR count). The summed E-state index contributed by atoms with van der Waals surface area (Å²) in [6, 6.07) is 14.5. The van der Waals surface area contributed by atoms with Gasteiger partial charge in [0, 0.05) is 17.6 Å². The molecule has 0 saturated heterocycles. The van der Waals surface area contributed by atoms with Crippen molar-refractivity contribution in [2.45, 2.75) is 10.4 Å². The predicted octanol–water partition coefficient (Wildman–Crippen LogP) is 3.43. The van der Waals surface area contributed by atoms with Crippen molar-refractivity contribution >= 4 is 38.7 Å². The van der Waals surface area contributed by atoms with Gasteiger partial charge in [0.05, 0.1) is 4.90 Å². The number of allylic oxidation sites excluding steroid dienone is 2. The lowest BCUT2D eigenvalue weighted by molar-refractivity contribution is -0.125. The first kappa shape index (κ1) is 19.4. The summed E-state index contributed by atoms with van der Waals surface area (Å²) in [6.45, 7) is 0. The Hall–Kier alpha value is -2.96. The highest BCUT2D eigenvalue weighted by Crippen LogP contribution is 2.47. The van der Waals surface area contributed by atoms with Crippen LogP contribution in [0.5, 0.6) is 0 Å². The Balaban J connectivity index is 2.06. The molecule has 0 saturated carbocycles. The third-order valence-corrected chi connectivity index (χ3v) is 7.20. The molecule has 2 aliphatic rings. The van der Waals surface area contributed by atoms with E-state index in [1.165, 1.54) is 48.4 Å². The number of halogens is 1. The number of benzene rings is 2. The summed E-state index contributed by atoms with van der Waals surface area (Å²) in [4.78, 5) is 26.0. The van der Waals surface area contributed by atoms with Crippen LogP contribution in [0.15, 0.2) is 88.7 Å². The van der Waals surface area contributed by atoms with Crippen LogP contribution in [0.25, 0.3) is 5.57 Å². The van der Waals surface area contributed by atoms with Crippen molar-refractivity contribution in [2.24, 2.45) is 0 Å². The molecule has 0 bridgehead atoms. The van der Waals surface area contributed by atoms with Crippen molar-refractivity contribution < 1.29 is 18.0 Å². The van der Waals surface area contributed by atoms with Gasteiger partial charge >= 0.3 is 0 Å². The number of nitrogens with zero attached hydrogens (tertiary/aromatic N) is 1. The van der Waals surface area contributed by atoms with Crippen LogP contribution in [-0.2, 0) is 19.4 Å². The number of rotatable bonds is 3. The van der Waals surface area contributed by atoms with E-state index in [1.54, 1.807) is 42.5 Å². The van der Waals surface area contributed by atoms with E-state index in [9.17, 15) is 18.0 Å². The zero-order valence-electron chi connectivity index (χ0n) is 15.4. The Bertz CT molecular complexity index is 1190. The lowest BCUT2D eigenvalue weighted by Gasteiger charge is -2.34. The number of sulfone groups is 1. The predicted molar refractivity (Wildman–Crippen MR) is 111 cm³/mol. The van der Waals surface area contributed by atoms with E-state index in [0.717, 1.165) is 0 Å². The Kier molecular flexibility index (Phi) is 4.56. The first-order valence-corrected chi connectivity index (χ1v) is 10.6. The second-order valence-electron chi connectivity index (χ2n) is 6.79. The fraction of sp³-hybridized carbons (Fsp3) is 0.0909. The van der Waals surface area contributed by atoms with Crippen LogP contribution in [0.1, 0.15) is 5.56 Å². The number of ketones is 1. The summed E-state index contributed by atoms with van der Waals surface area (Å²) in [5.74, 6) is -0.861. The minimum Gasteiger partial charge on any atom is -0.324 e. The number of hydrogen-bond acceptors (Lipinski definition) is 4. The first-order valence-electron chi connectivity index (χ1n) is 8.79. The normalized spacial score (nSPS) is 18.2. The first-order chi connectivity index (χ1) is 13.8. The summed E-state index contributed by atoms with van der Waals surface area (Å²) in [5, 5.41) is 0.393. The number of hydrogen-bond donors (Lipinski definition) is 0. The van der Waals surface area contributed by atoms with Crippen molar-refractivity contribution in [1.82, 2.24) is 4.90 Å². The highest BCUT2D eigenvalue weighted by atomic mass is 35.5. The molecule has 1 spiro atoms. The number of likely N-dealkylation sites (N-methyl/N-ethyl adjacent to an activating group) is 1. The zero-order valence-corrected chi connectivity index (χ0v) is 16.9. The van der Waals surface area contributed by atoms with Gasteiger partial charge in [-0.1, -0.05) is 41.9 Å². The maximum Gasteiger partial charge on any atom is 0.267 e. The average Bonchev–Trinajstić information content (AvgIpc) is 2.94. The molecule has 1 amide bonds. The molecule has 2 aromatic rings. The lowest BCUT2D eigenvalue weighted by atomic mass is 9.83. The van der Waals surface area contributed by atoms with E-state index in [2.05, 4.69) is 0 Å². The van der Waals surface area contributed by atoms with E-state index in [-0.39, 0.29) is 15.6 Å². The van der Waals surface area contributed by atoms with Crippen molar-refractivity contribution in [3.05, 3.63) is 94.4 Å². The van der Waals surface area contributed by atoms with Crippen LogP contribution in [0.4, 0.5) is 0 Å². The Morgan fingerprint density at radius 2 is 1.48 bits per heavy atom. The molecule has 5 nitrogen and oxygen atoms in total. The Morgan fingerprint density at radius 1 is 0.897 bits per heavy atom. The fourth-order valence-corrected chi connectivity index (χ4v) is 5.42. The maximum atomic E-state index is 13.5. The third kappa shape index (κ3) is 2.96. The SMILES string of the molecule is CN1C(=O)C(S(=O)(=O)c2ccc(Cl)cc2)=C(c2ccccc2)C12C=CC(=O)C=C2. The van der Waals surface area contributed by atoms with Gasteiger partial charge in [-0.3, -0.25) is 9.59 Å². The van der Waals surface area contributed by atoms with Gasteiger partial charge in [-0.25, -0.2) is 8.42 Å². The largest absolute Gasteiger partial charge is 0.324 e. The molecule has 1 heterocycles. The van der Waals surface area contributed by atoms with Gasteiger partial charge in [-0.05, 0) is 54.1 Å². The monoisotopic (exact) mass is 425 g/mol. The summed E-state index contributed by atoms with van der Waals surface area (Å²) in [6.07, 6.45) is 5.84. The summed E-state index contributed by atoms with van der Waals surface area (Å²) >= 11 is 5.90. The standard InChI is InChI=1S/C22H16ClNO4S/c1-24-21(26)20(29(27,28)18-9-7-16(23)8-10-18)19(15-5-3-2-4-6-15)22(24)13-11-17(25)12-14-22/h2-14H,1H3. The van der Waals surface area contributed by atoms with Gasteiger partial charge < -0.3 is 4.90 Å². The molecule has 0 N–H and O–H groups in total. The smallest absolute Gasteiger partial charge is 0.267 e. The molecule has 0 atom stereocenters. The Morgan fingerprint density at radius 3 is 2.07 bits per heavy atom. The van der Waals surface area contributed by atoms with Crippen LogP contribution >= 0.6 is 11.6 Å². The number of carbonyl (C=O) groups excluding carboxylic acids is 2. The van der Waals surface area contributed by atoms with E-state index < -0.39 is 21.3 Å². The van der Waals surface area contributed by atoms with Crippen molar-refractivity contribution in [1.29, 1.82) is 0 Å². The van der Waals surface area contributed by atoms with Crippen LogP contribution < -0.4 is 0 Å². The molecule has 2 aromatic carbocycles. The third-order valence-electron chi connectivity index (χ3n) is 5.14. The van der Waals surface area contributed by atoms with Gasteiger partial charge in [-0.2, -0.15) is 0 Å². The van der Waals surface area contributed by atoms with Crippen molar-refractivity contribution in [3.63, 3.8) is 0 Å².